The van der Waals surface area contributed by atoms with E-state index in [9.17, 15) is 9.18 Å². The number of rotatable bonds is 5. The van der Waals surface area contributed by atoms with Gasteiger partial charge in [0.25, 0.3) is 5.91 Å². The molecule has 0 aliphatic heterocycles. The van der Waals surface area contributed by atoms with Gasteiger partial charge in [-0.05, 0) is 51.4 Å². The van der Waals surface area contributed by atoms with Crippen LogP contribution in [0.4, 0.5) is 9.52 Å². The standard InChI is InChI=1S/C19H20FN3OS/c1-13-4-6-14(7-5-13)18(24)23(11-10-22(2)3)19-21-16-9-8-15(20)12-17(16)25-19/h4-9,12H,10-11H2,1-3H3. The fourth-order valence-electron chi connectivity index (χ4n) is 2.44. The van der Waals surface area contributed by atoms with Crippen LogP contribution in [0.15, 0.2) is 42.5 Å². The molecule has 0 aliphatic rings. The first-order chi connectivity index (χ1) is 11.9. The van der Waals surface area contributed by atoms with Gasteiger partial charge in [0.1, 0.15) is 5.82 Å². The molecule has 1 aromatic heterocycles. The minimum absolute atomic E-state index is 0.0959. The number of hydrogen-bond donors (Lipinski definition) is 0. The number of anilines is 1. The molecule has 0 unspecified atom stereocenters. The average molecular weight is 357 g/mol. The molecule has 1 amide bonds. The first-order valence-corrected chi connectivity index (χ1v) is 8.85. The molecule has 0 bridgehead atoms. The summed E-state index contributed by atoms with van der Waals surface area (Å²) in [6.07, 6.45) is 0. The number of hydrogen-bond acceptors (Lipinski definition) is 4. The van der Waals surface area contributed by atoms with E-state index in [4.69, 9.17) is 0 Å². The number of halogens is 1. The fourth-order valence-corrected chi connectivity index (χ4v) is 3.45. The van der Waals surface area contributed by atoms with Crippen LogP contribution in [0.25, 0.3) is 10.2 Å². The molecule has 0 fully saturated rings. The van der Waals surface area contributed by atoms with Crippen molar-refractivity contribution in [1.29, 1.82) is 0 Å². The number of carbonyl (C=O) groups is 1. The van der Waals surface area contributed by atoms with Crippen LogP contribution in [-0.4, -0.2) is 43.0 Å². The van der Waals surface area contributed by atoms with Crippen molar-refractivity contribution in [2.75, 3.05) is 32.1 Å². The molecule has 0 atom stereocenters. The molecule has 25 heavy (non-hydrogen) atoms. The molecule has 1 heterocycles. The number of likely N-dealkylation sites (N-methyl/N-ethyl adjacent to an activating group) is 1. The van der Waals surface area contributed by atoms with Gasteiger partial charge in [-0.25, -0.2) is 9.37 Å². The first kappa shape index (κ1) is 17.5. The summed E-state index contributed by atoms with van der Waals surface area (Å²) in [6, 6.07) is 12.0. The van der Waals surface area contributed by atoms with E-state index in [1.54, 1.807) is 11.0 Å². The lowest BCUT2D eigenvalue weighted by Crippen LogP contribution is -2.36. The molecule has 130 valence electrons. The highest BCUT2D eigenvalue weighted by Gasteiger charge is 2.21. The second-order valence-corrected chi connectivity index (χ2v) is 7.24. The zero-order valence-electron chi connectivity index (χ0n) is 14.5. The van der Waals surface area contributed by atoms with Gasteiger partial charge in [-0.2, -0.15) is 0 Å². The molecule has 0 N–H and O–H groups in total. The highest BCUT2D eigenvalue weighted by Crippen LogP contribution is 2.30. The molecular weight excluding hydrogens is 337 g/mol. The average Bonchev–Trinajstić information content (AvgIpc) is 2.98. The lowest BCUT2D eigenvalue weighted by molar-refractivity contribution is 0.0985. The van der Waals surface area contributed by atoms with Gasteiger partial charge in [-0.3, -0.25) is 9.69 Å². The summed E-state index contributed by atoms with van der Waals surface area (Å²) in [6.45, 7) is 3.21. The summed E-state index contributed by atoms with van der Waals surface area (Å²) in [7, 11) is 3.92. The number of fused-ring (bicyclic) bond motifs is 1. The van der Waals surface area contributed by atoms with Gasteiger partial charge in [0.2, 0.25) is 0 Å². The predicted molar refractivity (Wildman–Crippen MR) is 101 cm³/mol. The quantitative estimate of drug-likeness (QED) is 0.694. The predicted octanol–water partition coefficient (Wildman–Crippen LogP) is 3.95. The Labute approximate surface area is 150 Å². The van der Waals surface area contributed by atoms with Crippen molar-refractivity contribution < 1.29 is 9.18 Å². The fraction of sp³-hybridized carbons (Fsp3) is 0.263. The van der Waals surface area contributed by atoms with Crippen LogP contribution in [0.5, 0.6) is 0 Å². The summed E-state index contributed by atoms with van der Waals surface area (Å²) in [5, 5.41) is 0.591. The zero-order valence-corrected chi connectivity index (χ0v) is 15.3. The van der Waals surface area contributed by atoms with Crippen LogP contribution in [0.1, 0.15) is 15.9 Å². The van der Waals surface area contributed by atoms with E-state index in [1.165, 1.54) is 23.5 Å². The first-order valence-electron chi connectivity index (χ1n) is 8.03. The van der Waals surface area contributed by atoms with Crippen molar-refractivity contribution in [2.24, 2.45) is 0 Å². The van der Waals surface area contributed by atoms with Crippen molar-refractivity contribution in [3.8, 4) is 0 Å². The van der Waals surface area contributed by atoms with Gasteiger partial charge >= 0.3 is 0 Å². The summed E-state index contributed by atoms with van der Waals surface area (Å²) >= 11 is 1.33. The molecular formula is C19H20FN3OS. The van der Waals surface area contributed by atoms with Crippen molar-refractivity contribution in [3.63, 3.8) is 0 Å². The zero-order chi connectivity index (χ0) is 18.0. The van der Waals surface area contributed by atoms with E-state index in [0.29, 0.717) is 29.3 Å². The third-order valence-electron chi connectivity index (χ3n) is 3.88. The van der Waals surface area contributed by atoms with Gasteiger partial charge in [0.15, 0.2) is 5.13 Å². The minimum Gasteiger partial charge on any atom is -0.308 e. The van der Waals surface area contributed by atoms with Crippen LogP contribution in [0.3, 0.4) is 0 Å². The normalized spacial score (nSPS) is 11.2. The molecule has 4 nitrogen and oxygen atoms in total. The summed E-state index contributed by atoms with van der Waals surface area (Å²) in [4.78, 5) is 21.2. The summed E-state index contributed by atoms with van der Waals surface area (Å²) in [5.41, 5.74) is 2.43. The second-order valence-electron chi connectivity index (χ2n) is 6.23. The highest BCUT2D eigenvalue weighted by atomic mass is 32.1. The Hall–Kier alpha value is -2.31. The topological polar surface area (TPSA) is 36.4 Å². The summed E-state index contributed by atoms with van der Waals surface area (Å²) in [5.74, 6) is -0.395. The van der Waals surface area contributed by atoms with Gasteiger partial charge in [-0.15, -0.1) is 0 Å². The monoisotopic (exact) mass is 357 g/mol. The largest absolute Gasteiger partial charge is 0.308 e. The van der Waals surface area contributed by atoms with E-state index in [-0.39, 0.29) is 11.7 Å². The molecule has 0 aliphatic carbocycles. The number of aryl methyl sites for hydroxylation is 1. The van der Waals surface area contributed by atoms with E-state index in [2.05, 4.69) is 4.98 Å². The van der Waals surface area contributed by atoms with Gasteiger partial charge in [0, 0.05) is 18.7 Å². The number of nitrogens with zero attached hydrogens (tertiary/aromatic N) is 3. The Balaban J connectivity index is 1.97. The number of aromatic nitrogens is 1. The Bertz CT molecular complexity index is 889. The van der Waals surface area contributed by atoms with Crippen LogP contribution in [0.2, 0.25) is 0 Å². The summed E-state index contributed by atoms with van der Waals surface area (Å²) < 4.78 is 14.2. The van der Waals surface area contributed by atoms with E-state index in [0.717, 1.165) is 10.3 Å². The molecule has 3 rings (SSSR count). The van der Waals surface area contributed by atoms with Crippen molar-refractivity contribution in [2.45, 2.75) is 6.92 Å². The van der Waals surface area contributed by atoms with E-state index in [1.807, 2.05) is 50.2 Å². The van der Waals surface area contributed by atoms with Gasteiger partial charge in [-0.1, -0.05) is 29.0 Å². The minimum atomic E-state index is -0.299. The van der Waals surface area contributed by atoms with Crippen LogP contribution < -0.4 is 4.90 Å². The van der Waals surface area contributed by atoms with Crippen molar-refractivity contribution in [1.82, 2.24) is 9.88 Å². The van der Waals surface area contributed by atoms with Crippen molar-refractivity contribution >= 4 is 32.6 Å². The molecule has 0 spiro atoms. The van der Waals surface area contributed by atoms with Crippen LogP contribution >= 0.6 is 11.3 Å². The Morgan fingerprint density at radius 1 is 1.12 bits per heavy atom. The Morgan fingerprint density at radius 2 is 1.84 bits per heavy atom. The van der Waals surface area contributed by atoms with Crippen molar-refractivity contribution in [3.05, 3.63) is 59.4 Å². The Morgan fingerprint density at radius 3 is 2.52 bits per heavy atom. The molecule has 6 heteroatoms. The molecule has 3 aromatic rings. The molecule has 0 saturated heterocycles. The third-order valence-corrected chi connectivity index (χ3v) is 4.93. The maximum atomic E-state index is 13.5. The van der Waals surface area contributed by atoms with Gasteiger partial charge < -0.3 is 4.90 Å². The van der Waals surface area contributed by atoms with E-state index < -0.39 is 0 Å². The lowest BCUT2D eigenvalue weighted by atomic mass is 10.1. The Kier molecular flexibility index (Phi) is 5.11. The number of carbonyl (C=O) groups excluding carboxylic acids is 1. The van der Waals surface area contributed by atoms with Gasteiger partial charge in [0.05, 0.1) is 10.2 Å². The maximum absolute atomic E-state index is 13.5. The molecule has 0 saturated carbocycles. The molecule has 2 aromatic carbocycles. The number of thiazole rings is 1. The van der Waals surface area contributed by atoms with Crippen LogP contribution in [0, 0.1) is 12.7 Å². The number of benzene rings is 2. The highest BCUT2D eigenvalue weighted by molar-refractivity contribution is 7.22. The SMILES string of the molecule is Cc1ccc(C(=O)N(CCN(C)C)c2nc3ccc(F)cc3s2)cc1. The smallest absolute Gasteiger partial charge is 0.260 e. The second kappa shape index (κ2) is 7.29. The third kappa shape index (κ3) is 4.03. The number of amides is 1. The maximum Gasteiger partial charge on any atom is 0.260 e. The van der Waals surface area contributed by atoms with E-state index >= 15 is 0 Å². The molecule has 0 radical (unpaired) electrons. The van der Waals surface area contributed by atoms with Crippen LogP contribution in [-0.2, 0) is 0 Å². The lowest BCUT2D eigenvalue weighted by Gasteiger charge is -2.22.